The zero-order chi connectivity index (χ0) is 22.1. The molecule has 2 atom stereocenters. The van der Waals surface area contributed by atoms with Gasteiger partial charge in [-0.1, -0.05) is 60.7 Å². The molecule has 1 aliphatic heterocycles. The molecule has 0 unspecified atom stereocenters. The summed E-state index contributed by atoms with van der Waals surface area (Å²) < 4.78 is 5.34. The lowest BCUT2D eigenvalue weighted by atomic mass is 10.0. The summed E-state index contributed by atoms with van der Waals surface area (Å²) in [6.45, 7) is 0.465. The summed E-state index contributed by atoms with van der Waals surface area (Å²) in [5.41, 5.74) is 4.68. The van der Waals surface area contributed by atoms with Crippen LogP contribution in [0.1, 0.15) is 24.0 Å². The molecule has 9 heteroatoms. The third-order valence-electron chi connectivity index (χ3n) is 4.74. The lowest BCUT2D eigenvalue weighted by molar-refractivity contribution is -0.222. The SMILES string of the molecule is O=C(O)C(=O)ON1C[C@H](NOCc2ccccc2)CC[C@H]1C(=O)OCc1ccccc1. The number of benzene rings is 2. The van der Waals surface area contributed by atoms with Gasteiger partial charge >= 0.3 is 17.9 Å². The number of esters is 1. The fraction of sp³-hybridized carbons (Fsp3) is 0.318. The van der Waals surface area contributed by atoms with Crippen molar-refractivity contribution in [1.82, 2.24) is 10.5 Å². The van der Waals surface area contributed by atoms with Crippen LogP contribution in [0.15, 0.2) is 60.7 Å². The number of ether oxygens (including phenoxy) is 1. The molecular formula is C22H24N2O7. The second-order valence-corrected chi connectivity index (χ2v) is 7.06. The number of nitrogens with one attached hydrogen (secondary N) is 1. The molecule has 0 bridgehead atoms. The second-order valence-electron chi connectivity index (χ2n) is 7.06. The molecule has 2 aromatic carbocycles. The average Bonchev–Trinajstić information content (AvgIpc) is 2.79. The largest absolute Gasteiger partial charge is 0.473 e. The fourth-order valence-electron chi connectivity index (χ4n) is 3.16. The Labute approximate surface area is 179 Å². The first-order valence-electron chi connectivity index (χ1n) is 9.86. The van der Waals surface area contributed by atoms with Crippen LogP contribution in [0.4, 0.5) is 0 Å². The summed E-state index contributed by atoms with van der Waals surface area (Å²) >= 11 is 0. The quantitative estimate of drug-likeness (QED) is 0.369. The normalized spacial score (nSPS) is 18.8. The second kappa shape index (κ2) is 11.2. The van der Waals surface area contributed by atoms with Gasteiger partial charge in [-0.2, -0.15) is 5.48 Å². The van der Waals surface area contributed by atoms with E-state index in [2.05, 4.69) is 5.48 Å². The molecule has 164 valence electrons. The van der Waals surface area contributed by atoms with E-state index < -0.39 is 23.9 Å². The zero-order valence-corrected chi connectivity index (χ0v) is 16.8. The topological polar surface area (TPSA) is 114 Å². The van der Waals surface area contributed by atoms with Gasteiger partial charge in [-0.05, 0) is 24.0 Å². The van der Waals surface area contributed by atoms with Crippen molar-refractivity contribution in [1.29, 1.82) is 0 Å². The highest BCUT2D eigenvalue weighted by molar-refractivity contribution is 6.28. The number of carbonyl (C=O) groups excluding carboxylic acids is 2. The number of rotatable bonds is 8. The van der Waals surface area contributed by atoms with E-state index in [1.54, 1.807) is 0 Å². The van der Waals surface area contributed by atoms with Crippen molar-refractivity contribution in [2.75, 3.05) is 6.54 Å². The Morgan fingerprint density at radius 2 is 1.55 bits per heavy atom. The summed E-state index contributed by atoms with van der Waals surface area (Å²) in [5, 5.41) is 9.92. The number of piperidine rings is 1. The molecule has 3 rings (SSSR count). The smallest absolute Gasteiger partial charge is 0.436 e. The minimum Gasteiger partial charge on any atom is -0.473 e. The number of hydrogen-bond acceptors (Lipinski definition) is 8. The summed E-state index contributed by atoms with van der Waals surface area (Å²) in [6, 6.07) is 17.5. The molecule has 1 saturated heterocycles. The molecule has 0 amide bonds. The third-order valence-corrected chi connectivity index (χ3v) is 4.74. The molecule has 2 N–H and O–H groups in total. The lowest BCUT2D eigenvalue weighted by Crippen LogP contribution is -2.54. The maximum Gasteiger partial charge on any atom is 0.436 e. The Morgan fingerprint density at radius 1 is 0.935 bits per heavy atom. The molecule has 0 aliphatic carbocycles. The molecule has 1 fully saturated rings. The van der Waals surface area contributed by atoms with Gasteiger partial charge in [0.2, 0.25) is 0 Å². The van der Waals surface area contributed by atoms with E-state index in [0.29, 0.717) is 19.4 Å². The van der Waals surface area contributed by atoms with Crippen molar-refractivity contribution < 1.29 is 33.9 Å². The molecule has 1 heterocycles. The monoisotopic (exact) mass is 428 g/mol. The molecule has 2 aromatic rings. The molecule has 31 heavy (non-hydrogen) atoms. The molecule has 0 radical (unpaired) electrons. The first-order valence-corrected chi connectivity index (χ1v) is 9.86. The van der Waals surface area contributed by atoms with Crippen LogP contribution in [-0.2, 0) is 42.0 Å². The van der Waals surface area contributed by atoms with E-state index in [-0.39, 0.29) is 19.2 Å². The van der Waals surface area contributed by atoms with Gasteiger partial charge in [-0.25, -0.2) is 9.59 Å². The van der Waals surface area contributed by atoms with Gasteiger partial charge in [0.25, 0.3) is 0 Å². The van der Waals surface area contributed by atoms with Crippen molar-refractivity contribution in [2.45, 2.75) is 38.1 Å². The molecule has 0 saturated carbocycles. The molecule has 1 aliphatic rings. The first-order chi connectivity index (χ1) is 15.0. The van der Waals surface area contributed by atoms with E-state index in [0.717, 1.165) is 16.2 Å². The van der Waals surface area contributed by atoms with Crippen molar-refractivity contribution in [2.24, 2.45) is 0 Å². The summed E-state index contributed by atoms with van der Waals surface area (Å²) in [7, 11) is 0. The van der Waals surface area contributed by atoms with Gasteiger partial charge in [0, 0.05) is 6.04 Å². The van der Waals surface area contributed by atoms with Crippen LogP contribution in [0.25, 0.3) is 0 Å². The summed E-state index contributed by atoms with van der Waals surface area (Å²) in [5.74, 6) is -3.80. The maximum atomic E-state index is 12.6. The Bertz CT molecular complexity index is 876. The minimum absolute atomic E-state index is 0.0682. The van der Waals surface area contributed by atoms with Crippen molar-refractivity contribution in [3.8, 4) is 0 Å². The van der Waals surface area contributed by atoms with Crippen LogP contribution in [0.5, 0.6) is 0 Å². The molecule has 0 spiro atoms. The van der Waals surface area contributed by atoms with E-state index in [9.17, 15) is 14.4 Å². The van der Waals surface area contributed by atoms with Gasteiger partial charge < -0.3 is 14.7 Å². The third kappa shape index (κ3) is 6.88. The Kier molecular flexibility index (Phi) is 8.11. The van der Waals surface area contributed by atoms with E-state index in [1.807, 2.05) is 60.7 Å². The van der Waals surface area contributed by atoms with Crippen molar-refractivity contribution in [3.63, 3.8) is 0 Å². The highest BCUT2D eigenvalue weighted by Gasteiger charge is 2.38. The predicted molar refractivity (Wildman–Crippen MR) is 108 cm³/mol. The summed E-state index contributed by atoms with van der Waals surface area (Å²) in [6.07, 6.45) is 0.841. The number of carbonyl (C=O) groups is 3. The molecule has 0 aromatic heterocycles. The van der Waals surface area contributed by atoms with E-state index in [4.69, 9.17) is 19.5 Å². The van der Waals surface area contributed by atoms with Crippen LogP contribution in [-0.4, -0.2) is 46.7 Å². The van der Waals surface area contributed by atoms with Crippen LogP contribution in [0, 0.1) is 0 Å². The van der Waals surface area contributed by atoms with Gasteiger partial charge in [0.1, 0.15) is 12.6 Å². The predicted octanol–water partition coefficient (Wildman–Crippen LogP) is 1.83. The standard InChI is InChI=1S/C22H24N2O7/c25-20(26)22(28)31-24-13-18(23-30-15-17-9-5-2-6-10-17)11-12-19(24)21(27)29-14-16-7-3-1-4-8-16/h1-10,18-19,23H,11-15H2,(H,25,26)/t18-,19+/m1/s1. The minimum atomic E-state index is -1.74. The van der Waals surface area contributed by atoms with Gasteiger partial charge in [0.15, 0.2) is 0 Å². The van der Waals surface area contributed by atoms with Gasteiger partial charge in [-0.3, -0.25) is 9.63 Å². The Morgan fingerprint density at radius 3 is 2.16 bits per heavy atom. The Balaban J connectivity index is 1.56. The molecular weight excluding hydrogens is 404 g/mol. The number of aliphatic carboxylic acids is 1. The van der Waals surface area contributed by atoms with Crippen LogP contribution in [0.2, 0.25) is 0 Å². The molecule has 9 nitrogen and oxygen atoms in total. The highest BCUT2D eigenvalue weighted by atomic mass is 16.7. The first kappa shape index (κ1) is 22.4. The average molecular weight is 428 g/mol. The zero-order valence-electron chi connectivity index (χ0n) is 16.8. The highest BCUT2D eigenvalue weighted by Crippen LogP contribution is 2.20. The van der Waals surface area contributed by atoms with E-state index >= 15 is 0 Å². The van der Waals surface area contributed by atoms with Gasteiger partial charge in [0.05, 0.1) is 13.2 Å². The number of hydroxylamine groups is 3. The lowest BCUT2D eigenvalue weighted by Gasteiger charge is -2.36. The number of hydrogen-bond donors (Lipinski definition) is 2. The number of nitrogens with zero attached hydrogens (tertiary/aromatic N) is 1. The number of carboxylic acids is 1. The number of carboxylic acid groups (broad SMARTS) is 1. The van der Waals surface area contributed by atoms with Crippen molar-refractivity contribution >= 4 is 17.9 Å². The van der Waals surface area contributed by atoms with Crippen LogP contribution >= 0.6 is 0 Å². The van der Waals surface area contributed by atoms with E-state index in [1.165, 1.54) is 0 Å². The Hall–Kier alpha value is -3.27. The summed E-state index contributed by atoms with van der Waals surface area (Å²) in [4.78, 5) is 45.5. The van der Waals surface area contributed by atoms with Crippen LogP contribution in [0.3, 0.4) is 0 Å². The van der Waals surface area contributed by atoms with Crippen LogP contribution < -0.4 is 5.48 Å². The van der Waals surface area contributed by atoms with Gasteiger partial charge in [-0.15, -0.1) is 5.06 Å². The maximum absolute atomic E-state index is 12.6. The fourth-order valence-corrected chi connectivity index (χ4v) is 3.16. The van der Waals surface area contributed by atoms with Crippen molar-refractivity contribution in [3.05, 3.63) is 71.8 Å².